The zero-order chi connectivity index (χ0) is 18.5. The monoisotopic (exact) mass is 359 g/mol. The van der Waals surface area contributed by atoms with Gasteiger partial charge in [-0.25, -0.2) is 4.79 Å². The van der Waals surface area contributed by atoms with Crippen molar-refractivity contribution in [2.45, 2.75) is 50.5 Å². The number of benzene rings is 1. The molecule has 6 heteroatoms. The van der Waals surface area contributed by atoms with Crippen LogP contribution in [0.4, 0.5) is 10.5 Å². The molecule has 0 spiro atoms. The summed E-state index contributed by atoms with van der Waals surface area (Å²) >= 11 is 0. The van der Waals surface area contributed by atoms with E-state index < -0.39 is 6.03 Å². The lowest BCUT2D eigenvalue weighted by Gasteiger charge is -2.35. The van der Waals surface area contributed by atoms with Crippen molar-refractivity contribution in [2.75, 3.05) is 25.1 Å². The van der Waals surface area contributed by atoms with Crippen LogP contribution in [0.3, 0.4) is 0 Å². The summed E-state index contributed by atoms with van der Waals surface area (Å²) in [5.74, 6) is 0.372. The molecule has 6 nitrogen and oxygen atoms in total. The lowest BCUT2D eigenvalue weighted by molar-refractivity contribution is -0.146. The number of piperidine rings is 1. The van der Waals surface area contributed by atoms with Crippen LogP contribution in [0, 0.1) is 5.92 Å². The lowest BCUT2D eigenvalue weighted by Crippen LogP contribution is -2.46. The molecule has 26 heavy (non-hydrogen) atoms. The number of ether oxygens (including phenoxy) is 1. The molecular weight excluding hydrogens is 330 g/mol. The van der Waals surface area contributed by atoms with Gasteiger partial charge in [-0.15, -0.1) is 0 Å². The molecule has 1 heterocycles. The van der Waals surface area contributed by atoms with Crippen LogP contribution in [0.1, 0.15) is 50.0 Å². The largest absolute Gasteiger partial charge is 0.469 e. The van der Waals surface area contributed by atoms with Crippen LogP contribution in [0.5, 0.6) is 0 Å². The van der Waals surface area contributed by atoms with E-state index in [-0.39, 0.29) is 17.9 Å². The molecule has 0 bridgehead atoms. The van der Waals surface area contributed by atoms with Crippen molar-refractivity contribution in [3.8, 4) is 0 Å². The Labute approximate surface area is 155 Å². The first kappa shape index (κ1) is 18.7. The SMILES string of the molecule is COC(=O)C1CCC(N(C(N)=O)c2ccc(C3CCNCC3)cc2)CC1. The molecule has 1 aromatic carbocycles. The van der Waals surface area contributed by atoms with E-state index >= 15 is 0 Å². The third-order valence-corrected chi connectivity index (χ3v) is 5.82. The molecular formula is C20H29N3O3. The molecule has 0 atom stereocenters. The van der Waals surface area contributed by atoms with Gasteiger partial charge < -0.3 is 15.8 Å². The summed E-state index contributed by atoms with van der Waals surface area (Å²) in [7, 11) is 1.42. The summed E-state index contributed by atoms with van der Waals surface area (Å²) in [6, 6.07) is 7.88. The van der Waals surface area contributed by atoms with E-state index in [1.807, 2.05) is 12.1 Å². The number of urea groups is 1. The van der Waals surface area contributed by atoms with Crippen molar-refractivity contribution in [2.24, 2.45) is 11.7 Å². The highest BCUT2D eigenvalue weighted by molar-refractivity contribution is 5.91. The van der Waals surface area contributed by atoms with Gasteiger partial charge in [-0.2, -0.15) is 0 Å². The third-order valence-electron chi connectivity index (χ3n) is 5.82. The van der Waals surface area contributed by atoms with Gasteiger partial charge in [0, 0.05) is 11.7 Å². The fraction of sp³-hybridized carbons (Fsp3) is 0.600. The highest BCUT2D eigenvalue weighted by Crippen LogP contribution is 2.32. The number of esters is 1. The van der Waals surface area contributed by atoms with Crippen LogP contribution in [0.25, 0.3) is 0 Å². The molecule has 2 aliphatic rings. The van der Waals surface area contributed by atoms with Gasteiger partial charge in [0.05, 0.1) is 13.0 Å². The molecule has 1 saturated heterocycles. The number of nitrogens with one attached hydrogen (secondary N) is 1. The van der Waals surface area contributed by atoms with Gasteiger partial charge in [0.1, 0.15) is 0 Å². The Morgan fingerprint density at radius 3 is 2.19 bits per heavy atom. The molecule has 1 saturated carbocycles. The van der Waals surface area contributed by atoms with Crippen LogP contribution in [0.15, 0.2) is 24.3 Å². The number of carbonyl (C=O) groups excluding carboxylic acids is 2. The molecule has 0 radical (unpaired) electrons. The Balaban J connectivity index is 1.68. The van der Waals surface area contributed by atoms with Gasteiger partial charge in [0.15, 0.2) is 0 Å². The van der Waals surface area contributed by atoms with Crippen molar-refractivity contribution in [3.63, 3.8) is 0 Å². The van der Waals surface area contributed by atoms with E-state index in [2.05, 4.69) is 17.4 Å². The van der Waals surface area contributed by atoms with Gasteiger partial charge in [-0.3, -0.25) is 9.69 Å². The number of primary amides is 1. The zero-order valence-corrected chi connectivity index (χ0v) is 15.4. The van der Waals surface area contributed by atoms with Gasteiger partial charge in [-0.05, 0) is 75.2 Å². The summed E-state index contributed by atoms with van der Waals surface area (Å²) in [5.41, 5.74) is 7.86. The van der Waals surface area contributed by atoms with Gasteiger partial charge in [-0.1, -0.05) is 12.1 Å². The Bertz CT molecular complexity index is 618. The smallest absolute Gasteiger partial charge is 0.319 e. The van der Waals surface area contributed by atoms with Gasteiger partial charge in [0.2, 0.25) is 0 Å². The number of nitrogens with zero attached hydrogens (tertiary/aromatic N) is 1. The van der Waals surface area contributed by atoms with Crippen LogP contribution < -0.4 is 16.0 Å². The molecule has 3 N–H and O–H groups in total. The maximum atomic E-state index is 12.1. The minimum atomic E-state index is -0.430. The maximum absolute atomic E-state index is 12.1. The minimum Gasteiger partial charge on any atom is -0.469 e. The van der Waals surface area contributed by atoms with Gasteiger partial charge >= 0.3 is 12.0 Å². The molecule has 0 unspecified atom stereocenters. The summed E-state index contributed by atoms with van der Waals surface area (Å²) in [5, 5.41) is 3.39. The van der Waals surface area contributed by atoms with Crippen LogP contribution in [-0.2, 0) is 9.53 Å². The quantitative estimate of drug-likeness (QED) is 0.810. The van der Waals surface area contributed by atoms with E-state index in [9.17, 15) is 9.59 Å². The fourth-order valence-corrected chi connectivity index (χ4v) is 4.32. The first-order chi connectivity index (χ1) is 12.6. The van der Waals surface area contributed by atoms with E-state index in [4.69, 9.17) is 10.5 Å². The average molecular weight is 359 g/mol. The maximum Gasteiger partial charge on any atom is 0.319 e. The zero-order valence-electron chi connectivity index (χ0n) is 15.4. The number of hydrogen-bond donors (Lipinski definition) is 2. The second-order valence-corrected chi connectivity index (χ2v) is 7.35. The Morgan fingerprint density at radius 2 is 1.65 bits per heavy atom. The second kappa shape index (κ2) is 8.54. The minimum absolute atomic E-state index is 0.0399. The predicted octanol–water partition coefficient (Wildman–Crippen LogP) is 2.77. The molecule has 1 aromatic rings. The van der Waals surface area contributed by atoms with E-state index in [0.717, 1.165) is 57.3 Å². The van der Waals surface area contributed by atoms with Crippen molar-refractivity contribution < 1.29 is 14.3 Å². The summed E-state index contributed by atoms with van der Waals surface area (Å²) in [6.45, 7) is 2.12. The summed E-state index contributed by atoms with van der Waals surface area (Å²) in [4.78, 5) is 25.5. The lowest BCUT2D eigenvalue weighted by atomic mass is 9.85. The number of rotatable bonds is 4. The third kappa shape index (κ3) is 4.18. The van der Waals surface area contributed by atoms with Crippen molar-refractivity contribution >= 4 is 17.7 Å². The van der Waals surface area contributed by atoms with E-state index in [0.29, 0.717) is 5.92 Å². The number of nitrogens with two attached hydrogens (primary N) is 1. The second-order valence-electron chi connectivity index (χ2n) is 7.35. The van der Waals surface area contributed by atoms with Crippen LogP contribution in [0.2, 0.25) is 0 Å². The normalized spacial score (nSPS) is 24.0. The van der Waals surface area contributed by atoms with Crippen molar-refractivity contribution in [1.82, 2.24) is 5.32 Å². The Hall–Kier alpha value is -2.08. The predicted molar refractivity (Wildman–Crippen MR) is 101 cm³/mol. The average Bonchev–Trinajstić information content (AvgIpc) is 2.69. The fourth-order valence-electron chi connectivity index (χ4n) is 4.32. The molecule has 2 fully saturated rings. The number of anilines is 1. The first-order valence-corrected chi connectivity index (χ1v) is 9.57. The summed E-state index contributed by atoms with van der Waals surface area (Å²) < 4.78 is 4.84. The standard InChI is InChI=1S/C20H29N3O3/c1-26-19(24)16-4-8-18(9-5-16)23(20(21)25)17-6-2-14(3-7-17)15-10-12-22-13-11-15/h2-3,6-7,15-16,18,22H,4-5,8-13H2,1H3,(H2,21,25). The number of carbonyl (C=O) groups is 2. The molecule has 3 rings (SSSR count). The number of methoxy groups -OCH3 is 1. The highest BCUT2D eigenvalue weighted by Gasteiger charge is 2.32. The van der Waals surface area contributed by atoms with Crippen LogP contribution >= 0.6 is 0 Å². The molecule has 142 valence electrons. The summed E-state index contributed by atoms with van der Waals surface area (Å²) in [6.07, 6.45) is 5.28. The molecule has 2 amide bonds. The van der Waals surface area contributed by atoms with Crippen LogP contribution in [-0.4, -0.2) is 38.2 Å². The molecule has 1 aliphatic heterocycles. The van der Waals surface area contributed by atoms with Gasteiger partial charge in [0.25, 0.3) is 0 Å². The molecule has 1 aliphatic carbocycles. The molecule has 0 aromatic heterocycles. The van der Waals surface area contributed by atoms with Crippen molar-refractivity contribution in [3.05, 3.63) is 29.8 Å². The number of amides is 2. The van der Waals surface area contributed by atoms with Crippen molar-refractivity contribution in [1.29, 1.82) is 0 Å². The number of hydrogen-bond acceptors (Lipinski definition) is 4. The topological polar surface area (TPSA) is 84.7 Å². The first-order valence-electron chi connectivity index (χ1n) is 9.57. The van der Waals surface area contributed by atoms with E-state index in [1.54, 1.807) is 4.90 Å². The Morgan fingerprint density at radius 1 is 1.04 bits per heavy atom. The van der Waals surface area contributed by atoms with E-state index in [1.165, 1.54) is 12.7 Å². The Kier molecular flexibility index (Phi) is 6.14. The highest BCUT2D eigenvalue weighted by atomic mass is 16.5.